The lowest BCUT2D eigenvalue weighted by atomic mass is 10.2. The minimum atomic E-state index is 0.173. The molecule has 0 N–H and O–H groups in total. The van der Waals surface area contributed by atoms with Crippen LogP contribution >= 0.6 is 0 Å². The van der Waals surface area contributed by atoms with Crippen LogP contribution in [0.3, 0.4) is 0 Å². The third kappa shape index (κ3) is 4.15. The summed E-state index contributed by atoms with van der Waals surface area (Å²) in [6.45, 7) is 4.90. The predicted octanol–water partition coefficient (Wildman–Crippen LogP) is 2.86. The highest BCUT2D eigenvalue weighted by Crippen LogP contribution is 2.16. The van der Waals surface area contributed by atoms with Crippen LogP contribution in [0.15, 0.2) is 60.7 Å². The fourth-order valence-corrected chi connectivity index (χ4v) is 3.09. The molecule has 0 unspecified atom stereocenters. The molecule has 1 aliphatic heterocycles. The fraction of sp³-hybridized carbons (Fsp3) is 0.350. The minimum absolute atomic E-state index is 0.173. The first kappa shape index (κ1) is 16.5. The zero-order chi connectivity index (χ0) is 16.8. The summed E-state index contributed by atoms with van der Waals surface area (Å²) in [5.41, 5.74) is 2.24. The van der Waals surface area contributed by atoms with Crippen molar-refractivity contribution >= 4 is 17.3 Å². The second kappa shape index (κ2) is 7.97. The molecule has 126 valence electrons. The van der Waals surface area contributed by atoms with Crippen LogP contribution in [-0.4, -0.2) is 50.6 Å². The van der Waals surface area contributed by atoms with Crippen molar-refractivity contribution in [1.82, 2.24) is 4.90 Å². The Bertz CT molecular complexity index is 636. The molecule has 2 aromatic rings. The summed E-state index contributed by atoms with van der Waals surface area (Å²) in [6, 6.07) is 20.4. The molecule has 1 amide bonds. The van der Waals surface area contributed by atoms with Gasteiger partial charge in [-0.3, -0.25) is 9.69 Å². The first-order valence-corrected chi connectivity index (χ1v) is 8.58. The van der Waals surface area contributed by atoms with Crippen molar-refractivity contribution in [1.29, 1.82) is 0 Å². The smallest absolute Gasteiger partial charge is 0.228 e. The number of para-hydroxylation sites is 2. The Kier molecular flexibility index (Phi) is 5.49. The molecule has 1 saturated heterocycles. The van der Waals surface area contributed by atoms with Gasteiger partial charge in [-0.1, -0.05) is 36.4 Å². The third-order valence-corrected chi connectivity index (χ3v) is 4.65. The van der Waals surface area contributed by atoms with Crippen LogP contribution in [0, 0.1) is 0 Å². The summed E-state index contributed by atoms with van der Waals surface area (Å²) in [5, 5.41) is 0. The van der Waals surface area contributed by atoms with Gasteiger partial charge in [-0.05, 0) is 24.3 Å². The number of rotatable bonds is 5. The maximum atomic E-state index is 12.4. The monoisotopic (exact) mass is 323 g/mol. The van der Waals surface area contributed by atoms with Crippen molar-refractivity contribution < 1.29 is 4.79 Å². The van der Waals surface area contributed by atoms with E-state index in [0.29, 0.717) is 6.42 Å². The van der Waals surface area contributed by atoms with Gasteiger partial charge in [0.05, 0.1) is 0 Å². The van der Waals surface area contributed by atoms with E-state index in [1.54, 1.807) is 4.90 Å². The van der Waals surface area contributed by atoms with Gasteiger partial charge in [-0.15, -0.1) is 0 Å². The van der Waals surface area contributed by atoms with Crippen LogP contribution in [-0.2, 0) is 4.79 Å². The number of hydrogen-bond donors (Lipinski definition) is 0. The molecule has 4 heteroatoms. The molecule has 0 spiro atoms. The Hall–Kier alpha value is -2.33. The summed E-state index contributed by atoms with van der Waals surface area (Å²) in [6.07, 6.45) is 0.566. The van der Waals surface area contributed by atoms with Crippen LogP contribution in [0.1, 0.15) is 6.42 Å². The van der Waals surface area contributed by atoms with Gasteiger partial charge in [-0.2, -0.15) is 0 Å². The number of anilines is 2. The standard InChI is InChI=1S/C20H25N3O/c1-21(18-8-4-2-5-9-18)20(24)12-13-22-14-16-23(17-15-22)19-10-6-3-7-11-19/h2-11H,12-17H2,1H3. The number of amides is 1. The maximum absolute atomic E-state index is 12.4. The number of piperazine rings is 1. The van der Waals surface area contributed by atoms with Crippen LogP contribution in [0.25, 0.3) is 0 Å². The highest BCUT2D eigenvalue weighted by atomic mass is 16.2. The van der Waals surface area contributed by atoms with Crippen molar-refractivity contribution in [3.05, 3.63) is 60.7 Å². The van der Waals surface area contributed by atoms with Crippen LogP contribution < -0.4 is 9.80 Å². The van der Waals surface area contributed by atoms with E-state index in [1.807, 2.05) is 37.4 Å². The first-order valence-electron chi connectivity index (χ1n) is 8.58. The van der Waals surface area contributed by atoms with E-state index in [4.69, 9.17) is 0 Å². The highest BCUT2D eigenvalue weighted by Gasteiger charge is 2.18. The summed E-state index contributed by atoms with van der Waals surface area (Å²) in [7, 11) is 1.85. The lowest BCUT2D eigenvalue weighted by Gasteiger charge is -2.36. The van der Waals surface area contributed by atoms with Crippen LogP contribution in [0.5, 0.6) is 0 Å². The number of benzene rings is 2. The summed E-state index contributed by atoms with van der Waals surface area (Å²) >= 11 is 0. The molecule has 4 nitrogen and oxygen atoms in total. The number of hydrogen-bond acceptors (Lipinski definition) is 3. The minimum Gasteiger partial charge on any atom is -0.369 e. The van der Waals surface area contributed by atoms with Crippen molar-refractivity contribution in [3.8, 4) is 0 Å². The van der Waals surface area contributed by atoms with Gasteiger partial charge in [0.1, 0.15) is 0 Å². The summed E-state index contributed by atoms with van der Waals surface area (Å²) < 4.78 is 0. The van der Waals surface area contributed by atoms with Gasteiger partial charge >= 0.3 is 0 Å². The molecular formula is C20H25N3O. The number of carbonyl (C=O) groups is 1. The van der Waals surface area contributed by atoms with E-state index in [0.717, 1.165) is 38.4 Å². The fourth-order valence-electron chi connectivity index (χ4n) is 3.09. The molecule has 0 saturated carbocycles. The Labute approximate surface area is 144 Å². The molecule has 0 aromatic heterocycles. The lowest BCUT2D eigenvalue weighted by molar-refractivity contribution is -0.118. The van der Waals surface area contributed by atoms with E-state index in [9.17, 15) is 4.79 Å². The Morgan fingerprint density at radius 2 is 1.50 bits per heavy atom. The molecule has 0 atom stereocenters. The van der Waals surface area contributed by atoms with Crippen molar-refractivity contribution in [2.45, 2.75) is 6.42 Å². The largest absolute Gasteiger partial charge is 0.369 e. The van der Waals surface area contributed by atoms with Gasteiger partial charge in [0, 0.05) is 57.6 Å². The normalized spacial score (nSPS) is 15.3. The summed E-state index contributed by atoms with van der Waals surface area (Å²) in [4.78, 5) is 18.9. The van der Waals surface area contributed by atoms with Gasteiger partial charge in [0.25, 0.3) is 0 Å². The summed E-state index contributed by atoms with van der Waals surface area (Å²) in [5.74, 6) is 0.173. The predicted molar refractivity (Wildman–Crippen MR) is 99.6 cm³/mol. The Morgan fingerprint density at radius 3 is 2.12 bits per heavy atom. The molecule has 2 aromatic carbocycles. The molecule has 1 heterocycles. The Balaban J connectivity index is 1.44. The van der Waals surface area contributed by atoms with E-state index in [2.05, 4.69) is 40.1 Å². The van der Waals surface area contributed by atoms with Crippen molar-refractivity contribution in [3.63, 3.8) is 0 Å². The van der Waals surface area contributed by atoms with Gasteiger partial charge in [0.15, 0.2) is 0 Å². The molecular weight excluding hydrogens is 298 g/mol. The van der Waals surface area contributed by atoms with E-state index in [1.165, 1.54) is 5.69 Å². The molecule has 1 aliphatic rings. The van der Waals surface area contributed by atoms with E-state index < -0.39 is 0 Å². The average molecular weight is 323 g/mol. The molecule has 0 radical (unpaired) electrons. The quantitative estimate of drug-likeness (QED) is 0.846. The van der Waals surface area contributed by atoms with Crippen LogP contribution in [0.4, 0.5) is 11.4 Å². The maximum Gasteiger partial charge on any atom is 0.228 e. The number of carbonyl (C=O) groups excluding carboxylic acids is 1. The second-order valence-corrected chi connectivity index (χ2v) is 6.20. The first-order chi connectivity index (χ1) is 11.7. The van der Waals surface area contributed by atoms with Crippen molar-refractivity contribution in [2.75, 3.05) is 49.6 Å². The molecule has 0 bridgehead atoms. The zero-order valence-corrected chi connectivity index (χ0v) is 14.3. The van der Waals surface area contributed by atoms with E-state index in [-0.39, 0.29) is 5.91 Å². The van der Waals surface area contributed by atoms with Crippen LogP contribution in [0.2, 0.25) is 0 Å². The average Bonchev–Trinajstić information content (AvgIpc) is 2.67. The molecule has 1 fully saturated rings. The van der Waals surface area contributed by atoms with E-state index >= 15 is 0 Å². The second-order valence-electron chi connectivity index (χ2n) is 6.20. The zero-order valence-electron chi connectivity index (χ0n) is 14.3. The van der Waals surface area contributed by atoms with Gasteiger partial charge in [0.2, 0.25) is 5.91 Å². The van der Waals surface area contributed by atoms with Crippen molar-refractivity contribution in [2.24, 2.45) is 0 Å². The SMILES string of the molecule is CN(C(=O)CCN1CCN(c2ccccc2)CC1)c1ccccc1. The molecule has 0 aliphatic carbocycles. The lowest BCUT2D eigenvalue weighted by Crippen LogP contribution is -2.47. The number of nitrogens with zero attached hydrogens (tertiary/aromatic N) is 3. The third-order valence-electron chi connectivity index (χ3n) is 4.65. The van der Waals surface area contributed by atoms with Gasteiger partial charge in [-0.25, -0.2) is 0 Å². The van der Waals surface area contributed by atoms with Gasteiger partial charge < -0.3 is 9.80 Å². The molecule has 3 rings (SSSR count). The molecule has 24 heavy (non-hydrogen) atoms. The topological polar surface area (TPSA) is 26.8 Å². The highest BCUT2D eigenvalue weighted by molar-refractivity contribution is 5.92. The Morgan fingerprint density at radius 1 is 0.917 bits per heavy atom.